The van der Waals surface area contributed by atoms with Crippen LogP contribution >= 0.6 is 0 Å². The lowest BCUT2D eigenvalue weighted by Gasteiger charge is -2.13. The maximum Gasteiger partial charge on any atom is 0.314 e. The van der Waals surface area contributed by atoms with Gasteiger partial charge in [0.2, 0.25) is 5.88 Å². The molecule has 3 heterocycles. The molecule has 8 nitrogen and oxygen atoms in total. The second-order valence-electron chi connectivity index (χ2n) is 4.44. The fraction of sp³-hybridized carbons (Fsp3) is 0.545. The first-order valence-electron chi connectivity index (χ1n) is 6.02. The molecule has 0 aliphatic carbocycles. The third kappa shape index (κ3) is 1.99. The summed E-state index contributed by atoms with van der Waals surface area (Å²) < 4.78 is 25.3. The Bertz CT molecular complexity index is 634. The molecular formula is C11H13FN4O4. The van der Waals surface area contributed by atoms with E-state index in [2.05, 4.69) is 15.0 Å². The fourth-order valence-electron chi connectivity index (χ4n) is 2.27. The minimum atomic E-state index is -0.937. The molecule has 0 aromatic carbocycles. The van der Waals surface area contributed by atoms with Gasteiger partial charge in [0.25, 0.3) is 0 Å². The van der Waals surface area contributed by atoms with Crippen molar-refractivity contribution in [3.05, 3.63) is 12.4 Å². The summed E-state index contributed by atoms with van der Waals surface area (Å²) in [5, 5.41) is 18.8. The SMILES string of the molecule is COc1nc(F)nc2c1ncn2[C@@H]1C[C@@H](O)[C@H](CO)O1. The zero-order valence-electron chi connectivity index (χ0n) is 10.6. The molecule has 0 bridgehead atoms. The number of aliphatic hydroxyl groups excluding tert-OH is 2. The summed E-state index contributed by atoms with van der Waals surface area (Å²) in [5.41, 5.74) is 0.518. The number of nitrogens with zero attached hydrogens (tertiary/aromatic N) is 4. The standard InChI is InChI=1S/C11H13FN4O4/c1-19-10-8-9(14-11(12)15-10)16(4-13-8)7-2-5(18)6(3-17)20-7/h4-7,17-18H,2-3H2,1H3/t5-,6+,7+/m1/s1. The number of hydrogen-bond acceptors (Lipinski definition) is 7. The van der Waals surface area contributed by atoms with Gasteiger partial charge in [-0.3, -0.25) is 4.57 Å². The van der Waals surface area contributed by atoms with E-state index in [9.17, 15) is 9.50 Å². The fourth-order valence-corrected chi connectivity index (χ4v) is 2.27. The molecule has 2 aromatic heterocycles. The molecule has 1 saturated heterocycles. The summed E-state index contributed by atoms with van der Waals surface area (Å²) in [6.07, 6.45) is -1.31. The Labute approximate surface area is 112 Å². The molecule has 0 saturated carbocycles. The number of imidazole rings is 1. The van der Waals surface area contributed by atoms with E-state index in [0.717, 1.165) is 0 Å². The van der Waals surface area contributed by atoms with E-state index >= 15 is 0 Å². The summed E-state index contributed by atoms with van der Waals surface area (Å²) in [6, 6.07) is 0. The predicted octanol–water partition coefficient (Wildman–Crippen LogP) is -0.385. The number of aromatic nitrogens is 4. The van der Waals surface area contributed by atoms with Crippen molar-refractivity contribution in [3.8, 4) is 5.88 Å². The third-order valence-corrected chi connectivity index (χ3v) is 3.25. The first-order valence-corrected chi connectivity index (χ1v) is 6.02. The van der Waals surface area contributed by atoms with Crippen molar-refractivity contribution in [2.24, 2.45) is 0 Å². The summed E-state index contributed by atoms with van der Waals surface area (Å²) >= 11 is 0. The highest BCUT2D eigenvalue weighted by Crippen LogP contribution is 2.32. The van der Waals surface area contributed by atoms with Crippen molar-refractivity contribution in [3.63, 3.8) is 0 Å². The van der Waals surface area contributed by atoms with Crippen molar-refractivity contribution in [2.45, 2.75) is 24.9 Å². The van der Waals surface area contributed by atoms with E-state index in [1.165, 1.54) is 18.0 Å². The van der Waals surface area contributed by atoms with E-state index in [-0.39, 0.29) is 24.6 Å². The van der Waals surface area contributed by atoms with E-state index in [1.54, 1.807) is 0 Å². The molecule has 108 valence electrons. The largest absolute Gasteiger partial charge is 0.479 e. The first-order chi connectivity index (χ1) is 9.63. The zero-order valence-corrected chi connectivity index (χ0v) is 10.6. The van der Waals surface area contributed by atoms with Crippen molar-refractivity contribution >= 4 is 11.2 Å². The predicted molar refractivity (Wildman–Crippen MR) is 63.5 cm³/mol. The van der Waals surface area contributed by atoms with Crippen molar-refractivity contribution in [2.75, 3.05) is 13.7 Å². The van der Waals surface area contributed by atoms with Crippen LogP contribution in [-0.2, 0) is 4.74 Å². The van der Waals surface area contributed by atoms with Gasteiger partial charge in [-0.25, -0.2) is 4.98 Å². The maximum atomic E-state index is 13.4. The number of halogens is 1. The quantitative estimate of drug-likeness (QED) is 0.740. The second-order valence-corrected chi connectivity index (χ2v) is 4.44. The van der Waals surface area contributed by atoms with Crippen LogP contribution in [0.15, 0.2) is 6.33 Å². The van der Waals surface area contributed by atoms with Gasteiger partial charge in [0, 0.05) is 6.42 Å². The van der Waals surface area contributed by atoms with Crippen LogP contribution < -0.4 is 4.74 Å². The van der Waals surface area contributed by atoms with Gasteiger partial charge in [-0.2, -0.15) is 14.4 Å². The molecule has 9 heteroatoms. The van der Waals surface area contributed by atoms with Gasteiger partial charge in [-0.05, 0) is 0 Å². The third-order valence-electron chi connectivity index (χ3n) is 3.25. The highest BCUT2D eigenvalue weighted by atomic mass is 19.1. The maximum absolute atomic E-state index is 13.4. The van der Waals surface area contributed by atoms with Crippen LogP contribution in [0.4, 0.5) is 4.39 Å². The lowest BCUT2D eigenvalue weighted by molar-refractivity contribution is -0.0432. The zero-order chi connectivity index (χ0) is 14.3. The Kier molecular flexibility index (Phi) is 3.24. The molecule has 20 heavy (non-hydrogen) atoms. The molecule has 2 N–H and O–H groups in total. The van der Waals surface area contributed by atoms with Gasteiger partial charge >= 0.3 is 6.08 Å². The van der Waals surface area contributed by atoms with Crippen LogP contribution in [0, 0.1) is 6.08 Å². The molecule has 0 unspecified atom stereocenters. The van der Waals surface area contributed by atoms with Gasteiger partial charge in [0.1, 0.15) is 12.3 Å². The Morgan fingerprint density at radius 1 is 1.55 bits per heavy atom. The van der Waals surface area contributed by atoms with Gasteiger partial charge < -0.3 is 19.7 Å². The van der Waals surface area contributed by atoms with E-state index in [1.807, 2.05) is 0 Å². The molecule has 0 amide bonds. The summed E-state index contributed by atoms with van der Waals surface area (Å²) in [5.74, 6) is 0.0310. The van der Waals surface area contributed by atoms with Crippen molar-refractivity contribution in [1.82, 2.24) is 19.5 Å². The van der Waals surface area contributed by atoms with Crippen molar-refractivity contribution in [1.29, 1.82) is 0 Å². The topological polar surface area (TPSA) is 103 Å². The number of methoxy groups -OCH3 is 1. The summed E-state index contributed by atoms with van der Waals surface area (Å²) in [4.78, 5) is 11.3. The number of aliphatic hydroxyl groups is 2. The van der Waals surface area contributed by atoms with Gasteiger partial charge in [-0.1, -0.05) is 0 Å². The molecule has 1 aliphatic heterocycles. The number of fused-ring (bicyclic) bond motifs is 1. The summed E-state index contributed by atoms with van der Waals surface area (Å²) in [7, 11) is 1.36. The average Bonchev–Trinajstić information content (AvgIpc) is 3.00. The normalized spacial score (nSPS) is 26.3. The molecule has 1 fully saturated rings. The van der Waals surface area contributed by atoms with Gasteiger partial charge in [-0.15, -0.1) is 0 Å². The Morgan fingerprint density at radius 3 is 3.00 bits per heavy atom. The highest BCUT2D eigenvalue weighted by molar-refractivity contribution is 5.76. The second kappa shape index (κ2) is 4.93. The minimum absolute atomic E-state index is 0.0310. The number of hydrogen-bond donors (Lipinski definition) is 2. The van der Waals surface area contributed by atoms with Crippen molar-refractivity contribution < 1.29 is 24.1 Å². The molecule has 3 rings (SSSR count). The molecule has 3 atom stereocenters. The molecule has 0 radical (unpaired) electrons. The van der Waals surface area contributed by atoms with Gasteiger partial charge in [0.05, 0.1) is 26.1 Å². The van der Waals surface area contributed by atoms with E-state index < -0.39 is 24.5 Å². The lowest BCUT2D eigenvalue weighted by Crippen LogP contribution is -2.24. The van der Waals surface area contributed by atoms with Crippen LogP contribution in [0.5, 0.6) is 5.88 Å². The van der Waals surface area contributed by atoms with Crippen LogP contribution in [-0.4, -0.2) is 55.7 Å². The Hall–Kier alpha value is -1.84. The first kappa shape index (κ1) is 13.2. The highest BCUT2D eigenvalue weighted by Gasteiger charge is 2.35. The molecule has 0 spiro atoms. The average molecular weight is 284 g/mol. The van der Waals surface area contributed by atoms with Crippen LogP contribution in [0.2, 0.25) is 0 Å². The van der Waals surface area contributed by atoms with Crippen LogP contribution in [0.1, 0.15) is 12.6 Å². The monoisotopic (exact) mass is 284 g/mol. The summed E-state index contributed by atoms with van der Waals surface area (Å²) in [6.45, 7) is -0.295. The van der Waals surface area contributed by atoms with Crippen LogP contribution in [0.25, 0.3) is 11.2 Å². The van der Waals surface area contributed by atoms with Crippen LogP contribution in [0.3, 0.4) is 0 Å². The van der Waals surface area contributed by atoms with Gasteiger partial charge in [0.15, 0.2) is 11.2 Å². The number of ether oxygens (including phenoxy) is 2. The van der Waals surface area contributed by atoms with E-state index in [0.29, 0.717) is 5.52 Å². The molecular weight excluding hydrogens is 271 g/mol. The lowest BCUT2D eigenvalue weighted by atomic mass is 10.2. The number of rotatable bonds is 3. The Balaban J connectivity index is 2.03. The molecule has 1 aliphatic rings. The Morgan fingerprint density at radius 2 is 2.35 bits per heavy atom. The minimum Gasteiger partial charge on any atom is -0.479 e. The smallest absolute Gasteiger partial charge is 0.314 e. The van der Waals surface area contributed by atoms with E-state index in [4.69, 9.17) is 14.6 Å². The molecule has 2 aromatic rings.